The van der Waals surface area contributed by atoms with Crippen molar-refractivity contribution in [2.45, 2.75) is 64.5 Å². The Kier molecular flexibility index (Phi) is 6.83. The highest BCUT2D eigenvalue weighted by Gasteiger charge is 2.34. The molecule has 2 rings (SSSR count). The van der Waals surface area contributed by atoms with Gasteiger partial charge in [0.2, 0.25) is 0 Å². The van der Waals surface area contributed by atoms with Crippen molar-refractivity contribution in [2.24, 2.45) is 0 Å². The molecule has 27 heavy (non-hydrogen) atoms. The summed E-state index contributed by atoms with van der Waals surface area (Å²) < 4.78 is 40.0. The molecule has 0 saturated heterocycles. The third-order valence-corrected chi connectivity index (χ3v) is 4.53. The van der Waals surface area contributed by atoms with Crippen molar-refractivity contribution in [3.8, 4) is 0 Å². The van der Waals surface area contributed by atoms with Crippen LogP contribution in [0.5, 0.6) is 0 Å². The van der Waals surface area contributed by atoms with Gasteiger partial charge in [0, 0.05) is 5.56 Å². The Morgan fingerprint density at radius 2 is 1.93 bits per heavy atom. The molecule has 1 amide bonds. The van der Waals surface area contributed by atoms with E-state index in [1.807, 2.05) is 0 Å². The fourth-order valence-electron chi connectivity index (χ4n) is 2.70. The Balaban J connectivity index is 2.40. The van der Waals surface area contributed by atoms with Crippen LogP contribution in [0.25, 0.3) is 0 Å². The number of amides is 1. The molecule has 0 spiro atoms. The van der Waals surface area contributed by atoms with Gasteiger partial charge in [-0.15, -0.1) is 0 Å². The molecule has 1 N–H and O–H groups in total. The normalized spacial score (nSPS) is 15.2. The number of carbonyl (C=O) groups is 2. The van der Waals surface area contributed by atoms with E-state index in [4.69, 9.17) is 9.47 Å². The number of halogens is 3. The molecule has 5 nitrogen and oxygen atoms in total. The van der Waals surface area contributed by atoms with E-state index in [0.29, 0.717) is 5.56 Å². The number of benzene rings is 1. The maximum atomic E-state index is 15.1. The molecular weight excluding hydrogens is 424 g/mol. The lowest BCUT2D eigenvalue weighted by molar-refractivity contribution is -0.143. The highest BCUT2D eigenvalue weighted by Crippen LogP contribution is 2.44. The number of rotatable bonds is 6. The standard InChI is InChI=1S/C19H24BrF2NO4/c1-5-26-14(24)9-13(23-18(25)27-19(2,3)4)15-16(21)11(10-6-7-10)8-12(20)17(15)22/h8,10,13H,5-7,9H2,1-4H3,(H,23,25)/t13-/m0/s1. The van der Waals surface area contributed by atoms with Gasteiger partial charge in [0.05, 0.1) is 23.5 Å². The lowest BCUT2D eigenvalue weighted by Crippen LogP contribution is -2.37. The van der Waals surface area contributed by atoms with E-state index < -0.39 is 41.8 Å². The van der Waals surface area contributed by atoms with Crippen LogP contribution in [0.3, 0.4) is 0 Å². The van der Waals surface area contributed by atoms with Gasteiger partial charge < -0.3 is 14.8 Å². The van der Waals surface area contributed by atoms with E-state index in [-0.39, 0.29) is 22.6 Å². The van der Waals surface area contributed by atoms with Gasteiger partial charge in [0.1, 0.15) is 17.2 Å². The molecular formula is C19H24BrF2NO4. The second kappa shape index (κ2) is 8.54. The number of nitrogens with one attached hydrogen (secondary N) is 1. The molecule has 8 heteroatoms. The van der Waals surface area contributed by atoms with Gasteiger partial charge in [-0.05, 0) is 74.0 Å². The molecule has 0 radical (unpaired) electrons. The van der Waals surface area contributed by atoms with Gasteiger partial charge in [-0.1, -0.05) is 0 Å². The van der Waals surface area contributed by atoms with Crippen LogP contribution in [-0.2, 0) is 14.3 Å². The number of carbonyl (C=O) groups excluding carboxylic acids is 2. The Bertz CT molecular complexity index is 729. The lowest BCUT2D eigenvalue weighted by Gasteiger charge is -2.25. The quantitative estimate of drug-likeness (QED) is 0.485. The highest BCUT2D eigenvalue weighted by atomic mass is 79.9. The number of hydrogen-bond donors (Lipinski definition) is 1. The van der Waals surface area contributed by atoms with Gasteiger partial charge in [-0.25, -0.2) is 13.6 Å². The average Bonchev–Trinajstić information content (AvgIpc) is 3.34. The number of hydrogen-bond acceptors (Lipinski definition) is 4. The molecule has 1 atom stereocenters. The summed E-state index contributed by atoms with van der Waals surface area (Å²) in [4.78, 5) is 24.1. The van der Waals surface area contributed by atoms with Crippen LogP contribution >= 0.6 is 15.9 Å². The average molecular weight is 448 g/mol. The van der Waals surface area contributed by atoms with Crippen LogP contribution in [0.2, 0.25) is 0 Å². The summed E-state index contributed by atoms with van der Waals surface area (Å²) in [5, 5.41) is 2.41. The molecule has 0 heterocycles. The monoisotopic (exact) mass is 447 g/mol. The van der Waals surface area contributed by atoms with E-state index in [2.05, 4.69) is 21.2 Å². The lowest BCUT2D eigenvalue weighted by atomic mass is 9.97. The molecule has 1 aliphatic rings. The summed E-state index contributed by atoms with van der Waals surface area (Å²) in [6.07, 6.45) is 0.345. The van der Waals surface area contributed by atoms with Gasteiger partial charge in [-0.3, -0.25) is 4.79 Å². The van der Waals surface area contributed by atoms with Crippen molar-refractivity contribution in [2.75, 3.05) is 6.61 Å². The van der Waals surface area contributed by atoms with E-state index in [1.54, 1.807) is 27.7 Å². The number of ether oxygens (including phenoxy) is 2. The molecule has 150 valence electrons. The van der Waals surface area contributed by atoms with Crippen molar-refractivity contribution in [1.82, 2.24) is 5.32 Å². The first-order valence-corrected chi connectivity index (χ1v) is 9.65. The third-order valence-electron chi connectivity index (χ3n) is 3.95. The maximum absolute atomic E-state index is 15.1. The van der Waals surface area contributed by atoms with Crippen molar-refractivity contribution in [3.05, 3.63) is 33.3 Å². The van der Waals surface area contributed by atoms with Crippen LogP contribution in [0.15, 0.2) is 10.5 Å². The molecule has 1 fully saturated rings. The molecule has 0 aromatic heterocycles. The maximum Gasteiger partial charge on any atom is 0.408 e. The van der Waals surface area contributed by atoms with Gasteiger partial charge in [-0.2, -0.15) is 0 Å². The largest absolute Gasteiger partial charge is 0.466 e. The Morgan fingerprint density at radius 3 is 2.44 bits per heavy atom. The summed E-state index contributed by atoms with van der Waals surface area (Å²) in [5.41, 5.74) is -0.796. The van der Waals surface area contributed by atoms with Gasteiger partial charge in [0.15, 0.2) is 0 Å². The second-order valence-corrected chi connectivity index (χ2v) is 8.33. The zero-order valence-electron chi connectivity index (χ0n) is 15.8. The zero-order valence-corrected chi connectivity index (χ0v) is 17.4. The zero-order chi connectivity index (χ0) is 20.4. The van der Waals surface area contributed by atoms with Crippen LogP contribution in [0.4, 0.5) is 13.6 Å². The predicted octanol–water partition coefficient (Wildman–Crippen LogP) is 5.12. The first kappa shape index (κ1) is 21.6. The van der Waals surface area contributed by atoms with Gasteiger partial charge in [0.25, 0.3) is 0 Å². The fourth-order valence-corrected chi connectivity index (χ4v) is 3.16. The Labute approximate surface area is 165 Å². The van der Waals surface area contributed by atoms with Crippen molar-refractivity contribution in [1.29, 1.82) is 0 Å². The van der Waals surface area contributed by atoms with Crippen molar-refractivity contribution < 1.29 is 27.8 Å². The second-order valence-electron chi connectivity index (χ2n) is 7.47. The minimum Gasteiger partial charge on any atom is -0.466 e. The first-order valence-electron chi connectivity index (χ1n) is 8.86. The summed E-state index contributed by atoms with van der Waals surface area (Å²) in [5.74, 6) is -2.26. The van der Waals surface area contributed by atoms with Crippen LogP contribution in [0.1, 0.15) is 70.0 Å². The fraction of sp³-hybridized carbons (Fsp3) is 0.579. The first-order chi connectivity index (χ1) is 12.5. The molecule has 1 saturated carbocycles. The summed E-state index contributed by atoms with van der Waals surface area (Å²) in [7, 11) is 0. The smallest absolute Gasteiger partial charge is 0.408 e. The molecule has 1 aromatic rings. The van der Waals surface area contributed by atoms with Gasteiger partial charge >= 0.3 is 12.1 Å². The Morgan fingerprint density at radius 1 is 1.30 bits per heavy atom. The molecule has 0 unspecified atom stereocenters. The van der Waals surface area contributed by atoms with E-state index >= 15 is 4.39 Å². The molecule has 0 aliphatic heterocycles. The summed E-state index contributed by atoms with van der Waals surface area (Å²) in [6.45, 7) is 6.74. The number of esters is 1. The molecule has 1 aliphatic carbocycles. The highest BCUT2D eigenvalue weighted by molar-refractivity contribution is 9.10. The van der Waals surface area contributed by atoms with E-state index in [9.17, 15) is 14.0 Å². The minimum absolute atomic E-state index is 0.0189. The predicted molar refractivity (Wildman–Crippen MR) is 99.4 cm³/mol. The van der Waals surface area contributed by atoms with E-state index in [0.717, 1.165) is 12.8 Å². The summed E-state index contributed by atoms with van der Waals surface area (Å²) in [6, 6.07) is 0.162. The Hall–Kier alpha value is -1.70. The van der Waals surface area contributed by atoms with Crippen LogP contribution in [0, 0.1) is 11.6 Å². The molecule has 0 bridgehead atoms. The third kappa shape index (κ3) is 5.89. The topological polar surface area (TPSA) is 64.6 Å². The van der Waals surface area contributed by atoms with Crippen LogP contribution < -0.4 is 5.32 Å². The summed E-state index contributed by atoms with van der Waals surface area (Å²) >= 11 is 3.11. The minimum atomic E-state index is -1.26. The molecule has 1 aromatic carbocycles. The van der Waals surface area contributed by atoms with E-state index in [1.165, 1.54) is 6.07 Å². The SMILES string of the molecule is CCOC(=O)C[C@H](NC(=O)OC(C)(C)C)c1c(F)c(Br)cc(C2CC2)c1F. The van der Waals surface area contributed by atoms with Crippen molar-refractivity contribution >= 4 is 28.0 Å². The van der Waals surface area contributed by atoms with Crippen molar-refractivity contribution in [3.63, 3.8) is 0 Å². The van der Waals surface area contributed by atoms with Crippen LogP contribution in [-0.4, -0.2) is 24.3 Å². The number of alkyl carbamates (subject to hydrolysis) is 1.